The van der Waals surface area contributed by atoms with Crippen LogP contribution >= 0.6 is 0 Å². The predicted octanol–water partition coefficient (Wildman–Crippen LogP) is 2.20. The number of sulfone groups is 1. The second-order valence-electron chi connectivity index (χ2n) is 6.03. The molecule has 0 radical (unpaired) electrons. The van der Waals surface area contributed by atoms with Crippen molar-refractivity contribution in [3.63, 3.8) is 0 Å². The summed E-state index contributed by atoms with van der Waals surface area (Å²) < 4.78 is 44.3. The largest absolute Gasteiger partial charge is 0.482 e. The molecule has 0 bridgehead atoms. The molecule has 26 heavy (non-hydrogen) atoms. The molecule has 8 heteroatoms. The Morgan fingerprint density at radius 2 is 2.00 bits per heavy atom. The van der Waals surface area contributed by atoms with E-state index in [2.05, 4.69) is 5.32 Å². The van der Waals surface area contributed by atoms with Gasteiger partial charge in [0.1, 0.15) is 11.6 Å². The van der Waals surface area contributed by atoms with E-state index in [1.807, 2.05) is 0 Å². The summed E-state index contributed by atoms with van der Waals surface area (Å²) >= 11 is 0. The highest BCUT2D eigenvalue weighted by atomic mass is 32.2. The Bertz CT molecular complexity index is 923. The SMILES string of the molecule is O=C(O)COc1cc(S(=O)(=O)c2cccc(F)c2)ccc1[C@@H]1CCNC1. The fraction of sp³-hybridized carbons (Fsp3) is 0.278. The minimum absolute atomic E-state index is 0.0711. The zero-order valence-electron chi connectivity index (χ0n) is 13.8. The third-order valence-corrected chi connectivity index (χ3v) is 6.00. The van der Waals surface area contributed by atoms with E-state index in [9.17, 15) is 17.6 Å². The minimum atomic E-state index is -3.95. The van der Waals surface area contributed by atoms with Crippen molar-refractivity contribution >= 4 is 15.8 Å². The van der Waals surface area contributed by atoms with Gasteiger partial charge in [0.05, 0.1) is 9.79 Å². The molecule has 1 fully saturated rings. The molecule has 1 saturated heterocycles. The molecule has 0 amide bonds. The molecule has 0 aliphatic carbocycles. The lowest BCUT2D eigenvalue weighted by atomic mass is 9.97. The molecule has 3 rings (SSSR count). The zero-order chi connectivity index (χ0) is 18.7. The zero-order valence-corrected chi connectivity index (χ0v) is 14.6. The Morgan fingerprint density at radius 1 is 1.23 bits per heavy atom. The smallest absolute Gasteiger partial charge is 0.341 e. The molecule has 0 aromatic heterocycles. The number of carboxylic acids is 1. The third-order valence-electron chi connectivity index (χ3n) is 4.25. The summed E-state index contributed by atoms with van der Waals surface area (Å²) in [7, 11) is -3.95. The predicted molar refractivity (Wildman–Crippen MR) is 91.7 cm³/mol. The number of halogens is 1. The Balaban J connectivity index is 2.02. The van der Waals surface area contributed by atoms with Crippen LogP contribution < -0.4 is 10.1 Å². The van der Waals surface area contributed by atoms with Crippen molar-refractivity contribution in [2.24, 2.45) is 0 Å². The van der Waals surface area contributed by atoms with Crippen LogP contribution in [0.4, 0.5) is 4.39 Å². The third kappa shape index (κ3) is 3.86. The molecular formula is C18H18FNO5S. The van der Waals surface area contributed by atoms with Crippen LogP contribution in [0.3, 0.4) is 0 Å². The van der Waals surface area contributed by atoms with Gasteiger partial charge in [-0.2, -0.15) is 0 Å². The van der Waals surface area contributed by atoms with Gasteiger partial charge in [0.25, 0.3) is 0 Å². The van der Waals surface area contributed by atoms with Crippen molar-refractivity contribution in [2.75, 3.05) is 19.7 Å². The van der Waals surface area contributed by atoms with E-state index in [-0.39, 0.29) is 21.5 Å². The van der Waals surface area contributed by atoms with E-state index in [1.54, 1.807) is 6.07 Å². The standard InChI is InChI=1S/C18H18FNO5S/c19-13-2-1-3-14(8-13)26(23,24)15-4-5-16(12-6-7-20-10-12)17(9-15)25-11-18(21)22/h1-5,8-9,12,20H,6-7,10-11H2,(H,21,22)/t12-/m1/s1. The van der Waals surface area contributed by atoms with Crippen LogP contribution in [0.5, 0.6) is 5.75 Å². The van der Waals surface area contributed by atoms with Crippen LogP contribution in [-0.4, -0.2) is 39.2 Å². The summed E-state index contributed by atoms with van der Waals surface area (Å²) in [6.07, 6.45) is 0.847. The highest BCUT2D eigenvalue weighted by Crippen LogP contribution is 2.34. The molecular weight excluding hydrogens is 361 g/mol. The number of nitrogens with one attached hydrogen (secondary N) is 1. The van der Waals surface area contributed by atoms with Gasteiger partial charge < -0.3 is 15.2 Å². The highest BCUT2D eigenvalue weighted by Gasteiger charge is 2.25. The first-order chi connectivity index (χ1) is 12.4. The van der Waals surface area contributed by atoms with E-state index in [0.717, 1.165) is 30.7 Å². The first-order valence-electron chi connectivity index (χ1n) is 8.08. The van der Waals surface area contributed by atoms with Crippen molar-refractivity contribution in [2.45, 2.75) is 22.1 Å². The molecule has 2 N–H and O–H groups in total. The van der Waals surface area contributed by atoms with Gasteiger partial charge in [-0.3, -0.25) is 0 Å². The lowest BCUT2D eigenvalue weighted by Crippen LogP contribution is -2.14. The average Bonchev–Trinajstić information content (AvgIpc) is 3.14. The first kappa shape index (κ1) is 18.3. The van der Waals surface area contributed by atoms with Gasteiger partial charge in [0.2, 0.25) is 9.84 Å². The minimum Gasteiger partial charge on any atom is -0.482 e. The molecule has 0 unspecified atom stereocenters. The first-order valence-corrected chi connectivity index (χ1v) is 9.56. The number of carboxylic acid groups (broad SMARTS) is 1. The summed E-state index contributed by atoms with van der Waals surface area (Å²) in [5.74, 6) is -1.47. The lowest BCUT2D eigenvalue weighted by molar-refractivity contribution is -0.139. The number of benzene rings is 2. The van der Waals surface area contributed by atoms with E-state index < -0.39 is 28.2 Å². The number of hydrogen-bond donors (Lipinski definition) is 2. The van der Waals surface area contributed by atoms with Crippen molar-refractivity contribution in [3.8, 4) is 5.75 Å². The monoisotopic (exact) mass is 379 g/mol. The van der Waals surface area contributed by atoms with Gasteiger partial charge in [0, 0.05) is 12.5 Å². The van der Waals surface area contributed by atoms with Crippen LogP contribution in [-0.2, 0) is 14.6 Å². The Morgan fingerprint density at radius 3 is 2.65 bits per heavy atom. The van der Waals surface area contributed by atoms with Crippen molar-refractivity contribution in [3.05, 3.63) is 53.8 Å². The van der Waals surface area contributed by atoms with E-state index in [4.69, 9.17) is 9.84 Å². The molecule has 6 nitrogen and oxygen atoms in total. The molecule has 2 aromatic carbocycles. The lowest BCUT2D eigenvalue weighted by Gasteiger charge is -2.16. The van der Waals surface area contributed by atoms with Crippen LogP contribution in [0.2, 0.25) is 0 Å². The van der Waals surface area contributed by atoms with E-state index in [0.29, 0.717) is 6.54 Å². The van der Waals surface area contributed by atoms with Crippen molar-refractivity contribution in [1.82, 2.24) is 5.32 Å². The fourth-order valence-corrected chi connectivity index (χ4v) is 4.28. The van der Waals surface area contributed by atoms with Crippen LogP contribution in [0.25, 0.3) is 0 Å². The molecule has 1 aliphatic rings. The van der Waals surface area contributed by atoms with Crippen LogP contribution in [0, 0.1) is 5.82 Å². The number of aliphatic carboxylic acids is 1. The van der Waals surface area contributed by atoms with Crippen LogP contribution in [0.15, 0.2) is 52.3 Å². The number of hydrogen-bond acceptors (Lipinski definition) is 5. The number of rotatable bonds is 6. The van der Waals surface area contributed by atoms with Gasteiger partial charge in [-0.05, 0) is 48.9 Å². The summed E-state index contributed by atoms with van der Waals surface area (Å²) in [4.78, 5) is 10.6. The maximum Gasteiger partial charge on any atom is 0.341 e. The summed E-state index contributed by atoms with van der Waals surface area (Å²) in [6, 6.07) is 9.14. The molecule has 138 valence electrons. The quantitative estimate of drug-likeness (QED) is 0.799. The van der Waals surface area contributed by atoms with E-state index >= 15 is 0 Å². The maximum atomic E-state index is 13.4. The maximum absolute atomic E-state index is 13.4. The van der Waals surface area contributed by atoms with Gasteiger partial charge >= 0.3 is 5.97 Å². The van der Waals surface area contributed by atoms with Crippen LogP contribution in [0.1, 0.15) is 17.9 Å². The molecule has 0 saturated carbocycles. The molecule has 1 aliphatic heterocycles. The Hall–Kier alpha value is -2.45. The molecule has 1 atom stereocenters. The van der Waals surface area contributed by atoms with Gasteiger partial charge in [-0.15, -0.1) is 0 Å². The van der Waals surface area contributed by atoms with Crippen molar-refractivity contribution in [1.29, 1.82) is 0 Å². The molecule has 0 spiro atoms. The topological polar surface area (TPSA) is 92.7 Å². The summed E-state index contributed by atoms with van der Waals surface area (Å²) in [5, 5.41) is 12.1. The molecule has 2 aromatic rings. The summed E-state index contributed by atoms with van der Waals surface area (Å²) in [5.41, 5.74) is 0.759. The Kier molecular flexibility index (Phi) is 5.24. The summed E-state index contributed by atoms with van der Waals surface area (Å²) in [6.45, 7) is 0.961. The van der Waals surface area contributed by atoms with Gasteiger partial charge in [-0.1, -0.05) is 12.1 Å². The number of ether oxygens (including phenoxy) is 1. The normalized spacial score (nSPS) is 17.2. The molecule has 1 heterocycles. The second kappa shape index (κ2) is 7.43. The fourth-order valence-electron chi connectivity index (χ4n) is 2.97. The highest BCUT2D eigenvalue weighted by molar-refractivity contribution is 7.91. The number of carbonyl (C=O) groups is 1. The second-order valence-corrected chi connectivity index (χ2v) is 7.98. The van der Waals surface area contributed by atoms with E-state index in [1.165, 1.54) is 24.3 Å². The van der Waals surface area contributed by atoms with Gasteiger partial charge in [0.15, 0.2) is 6.61 Å². The van der Waals surface area contributed by atoms with Gasteiger partial charge in [-0.25, -0.2) is 17.6 Å². The Labute approximate surface area is 150 Å². The average molecular weight is 379 g/mol. The van der Waals surface area contributed by atoms with Crippen molar-refractivity contribution < 1.29 is 27.4 Å².